The van der Waals surface area contributed by atoms with E-state index in [1.54, 1.807) is 13.8 Å². The maximum Gasteiger partial charge on any atom is 0.303 e. The molecule has 8 atom stereocenters. The molecule has 4 saturated carbocycles. The van der Waals surface area contributed by atoms with Crippen molar-refractivity contribution >= 4 is 5.97 Å². The van der Waals surface area contributed by atoms with E-state index in [2.05, 4.69) is 0 Å². The van der Waals surface area contributed by atoms with Gasteiger partial charge in [-0.25, -0.2) is 26.3 Å². The molecule has 184 valence electrons. The number of fused-ring (bicyclic) bond motifs is 5. The first-order valence-corrected chi connectivity index (χ1v) is 11.9. The number of rotatable bonds is 4. The molecule has 0 amide bonds. The molecule has 0 bridgehead atoms. The second-order valence-corrected chi connectivity index (χ2v) is 11.8. The standard InChI is InChI=1S/C24H34F6O2/c1-13(4-7-18(31)32)15-5-6-16-19-17(12-24(29,30)21(15,16)3)20(2)8-9-22(25,26)10-14(20)11-23(19,27)28/h13-17,19H,4-12H2,1-3H3,(H,31,32)/t13-,14+,15?,16+,17+,19+,20+,21-/m1/s1. The highest BCUT2D eigenvalue weighted by Gasteiger charge is 2.75. The molecule has 4 aliphatic rings. The first kappa shape index (κ1) is 24.2. The molecule has 4 aliphatic carbocycles. The van der Waals surface area contributed by atoms with E-state index in [0.29, 0.717) is 6.42 Å². The Morgan fingerprint density at radius 2 is 1.62 bits per heavy atom. The Morgan fingerprint density at radius 3 is 2.25 bits per heavy atom. The summed E-state index contributed by atoms with van der Waals surface area (Å²) in [5.74, 6) is -15.4. The van der Waals surface area contributed by atoms with Gasteiger partial charge in [0.15, 0.2) is 0 Å². The lowest BCUT2D eigenvalue weighted by Crippen LogP contribution is -2.66. The minimum Gasteiger partial charge on any atom is -0.481 e. The fraction of sp³-hybridized carbons (Fsp3) is 0.958. The molecular formula is C24H34F6O2. The molecule has 4 rings (SSSR count). The SMILES string of the molecule is C[C@H](CCC(=O)O)C1CC[C@H]2[C@H]3[C@H](CC(F)(F)[C@]12C)[C@@]1(C)CCC(F)(F)C[C@H]1CC3(F)F. The normalized spacial score (nSPS) is 47.1. The van der Waals surface area contributed by atoms with Gasteiger partial charge in [0.25, 0.3) is 11.8 Å². The van der Waals surface area contributed by atoms with Gasteiger partial charge in [0, 0.05) is 43.4 Å². The second-order valence-electron chi connectivity index (χ2n) is 11.8. The van der Waals surface area contributed by atoms with Gasteiger partial charge in [-0.2, -0.15) is 0 Å². The molecule has 32 heavy (non-hydrogen) atoms. The number of carbonyl (C=O) groups is 1. The van der Waals surface area contributed by atoms with Gasteiger partial charge in [-0.1, -0.05) is 20.8 Å². The molecule has 4 fully saturated rings. The number of alkyl halides is 6. The van der Waals surface area contributed by atoms with Gasteiger partial charge >= 0.3 is 5.97 Å². The lowest BCUT2D eigenvalue weighted by molar-refractivity contribution is -0.300. The van der Waals surface area contributed by atoms with E-state index in [0.717, 1.165) is 0 Å². The molecule has 0 aromatic rings. The Hall–Kier alpha value is -0.950. The molecular weight excluding hydrogens is 434 g/mol. The summed E-state index contributed by atoms with van der Waals surface area (Å²) in [4.78, 5) is 11.0. The Bertz CT molecular complexity index is 770. The van der Waals surface area contributed by atoms with Crippen molar-refractivity contribution in [3.8, 4) is 0 Å². The smallest absolute Gasteiger partial charge is 0.303 e. The van der Waals surface area contributed by atoms with Crippen LogP contribution in [0.5, 0.6) is 0 Å². The maximum absolute atomic E-state index is 15.9. The van der Waals surface area contributed by atoms with Crippen LogP contribution in [0.1, 0.15) is 78.6 Å². The molecule has 2 nitrogen and oxygen atoms in total. The fourth-order valence-corrected chi connectivity index (χ4v) is 8.50. The summed E-state index contributed by atoms with van der Waals surface area (Å²) in [6.45, 7) is 4.88. The Labute approximate surface area is 185 Å². The molecule has 8 heteroatoms. The summed E-state index contributed by atoms with van der Waals surface area (Å²) in [7, 11) is 0. The van der Waals surface area contributed by atoms with Crippen molar-refractivity contribution in [3.05, 3.63) is 0 Å². The molecule has 0 aliphatic heterocycles. The van der Waals surface area contributed by atoms with Crippen LogP contribution in [0, 0.1) is 46.3 Å². The van der Waals surface area contributed by atoms with E-state index in [-0.39, 0.29) is 31.6 Å². The zero-order valence-corrected chi connectivity index (χ0v) is 19.0. The Morgan fingerprint density at radius 1 is 0.969 bits per heavy atom. The van der Waals surface area contributed by atoms with E-state index < -0.39 is 89.8 Å². The van der Waals surface area contributed by atoms with Gasteiger partial charge in [0.1, 0.15) is 0 Å². The molecule has 0 spiro atoms. The Kier molecular flexibility index (Phi) is 5.50. The zero-order chi connectivity index (χ0) is 23.9. The van der Waals surface area contributed by atoms with Crippen molar-refractivity contribution in [2.75, 3.05) is 0 Å². The largest absolute Gasteiger partial charge is 0.481 e. The van der Waals surface area contributed by atoms with Crippen LogP contribution in [-0.4, -0.2) is 28.8 Å². The molecule has 0 saturated heterocycles. The Balaban J connectivity index is 1.71. The van der Waals surface area contributed by atoms with Crippen LogP contribution in [-0.2, 0) is 4.79 Å². The number of carboxylic acid groups (broad SMARTS) is 1. The van der Waals surface area contributed by atoms with Gasteiger partial charge < -0.3 is 5.11 Å². The van der Waals surface area contributed by atoms with Crippen LogP contribution in [0.2, 0.25) is 0 Å². The monoisotopic (exact) mass is 468 g/mol. The highest BCUT2D eigenvalue weighted by Crippen LogP contribution is 2.74. The number of carboxylic acids is 1. The summed E-state index contributed by atoms with van der Waals surface area (Å²) in [6, 6.07) is 0. The lowest BCUT2D eigenvalue weighted by Gasteiger charge is -2.64. The predicted octanol–water partition coefficient (Wildman–Crippen LogP) is 7.27. The van der Waals surface area contributed by atoms with Gasteiger partial charge in [-0.05, 0) is 60.7 Å². The predicted molar refractivity (Wildman–Crippen MR) is 107 cm³/mol. The molecule has 0 radical (unpaired) electrons. The maximum atomic E-state index is 15.9. The molecule has 0 aromatic carbocycles. The summed E-state index contributed by atoms with van der Waals surface area (Å²) in [5, 5.41) is 9.00. The van der Waals surface area contributed by atoms with Gasteiger partial charge in [0.2, 0.25) is 5.92 Å². The van der Waals surface area contributed by atoms with E-state index in [1.165, 1.54) is 6.92 Å². The van der Waals surface area contributed by atoms with Crippen LogP contribution >= 0.6 is 0 Å². The van der Waals surface area contributed by atoms with Crippen LogP contribution in [0.25, 0.3) is 0 Å². The second kappa shape index (κ2) is 7.27. The highest BCUT2D eigenvalue weighted by atomic mass is 19.3. The number of halogens is 6. The van der Waals surface area contributed by atoms with E-state index in [9.17, 15) is 13.6 Å². The number of hydrogen-bond acceptors (Lipinski definition) is 1. The average molecular weight is 469 g/mol. The van der Waals surface area contributed by atoms with Crippen molar-refractivity contribution in [1.82, 2.24) is 0 Å². The van der Waals surface area contributed by atoms with Crippen molar-refractivity contribution < 1.29 is 36.2 Å². The van der Waals surface area contributed by atoms with Crippen molar-refractivity contribution in [3.63, 3.8) is 0 Å². The van der Waals surface area contributed by atoms with Crippen LogP contribution < -0.4 is 0 Å². The van der Waals surface area contributed by atoms with Crippen molar-refractivity contribution in [2.24, 2.45) is 46.3 Å². The van der Waals surface area contributed by atoms with Gasteiger partial charge in [-0.15, -0.1) is 0 Å². The van der Waals surface area contributed by atoms with Crippen molar-refractivity contribution in [2.45, 2.75) is 96.3 Å². The van der Waals surface area contributed by atoms with E-state index in [1.807, 2.05) is 0 Å². The van der Waals surface area contributed by atoms with Crippen LogP contribution in [0.3, 0.4) is 0 Å². The minimum atomic E-state index is -3.26. The minimum absolute atomic E-state index is 0.000128. The quantitative estimate of drug-likeness (QED) is 0.441. The molecule has 1 unspecified atom stereocenters. The third-order valence-corrected chi connectivity index (χ3v) is 10.3. The summed E-state index contributed by atoms with van der Waals surface area (Å²) >= 11 is 0. The van der Waals surface area contributed by atoms with Crippen molar-refractivity contribution in [1.29, 1.82) is 0 Å². The van der Waals surface area contributed by atoms with Crippen LogP contribution in [0.4, 0.5) is 26.3 Å². The molecule has 0 heterocycles. The van der Waals surface area contributed by atoms with Gasteiger partial charge in [-0.3, -0.25) is 4.79 Å². The molecule has 1 N–H and O–H groups in total. The third kappa shape index (κ3) is 3.40. The van der Waals surface area contributed by atoms with E-state index in [4.69, 9.17) is 5.11 Å². The van der Waals surface area contributed by atoms with E-state index >= 15 is 17.6 Å². The fourth-order valence-electron chi connectivity index (χ4n) is 8.50. The summed E-state index contributed by atoms with van der Waals surface area (Å²) in [5.41, 5.74) is -2.58. The first-order chi connectivity index (χ1) is 14.6. The average Bonchev–Trinajstić information content (AvgIpc) is 3.00. The number of aliphatic carboxylic acids is 1. The highest BCUT2D eigenvalue weighted by molar-refractivity contribution is 5.66. The number of hydrogen-bond donors (Lipinski definition) is 1. The van der Waals surface area contributed by atoms with Gasteiger partial charge in [0.05, 0.1) is 0 Å². The molecule has 0 aromatic heterocycles. The lowest BCUT2D eigenvalue weighted by atomic mass is 9.42. The first-order valence-electron chi connectivity index (χ1n) is 11.9. The third-order valence-electron chi connectivity index (χ3n) is 10.3. The summed E-state index contributed by atoms with van der Waals surface area (Å²) in [6.07, 6.45) is -1.71. The van der Waals surface area contributed by atoms with Crippen LogP contribution in [0.15, 0.2) is 0 Å². The zero-order valence-electron chi connectivity index (χ0n) is 19.0. The summed E-state index contributed by atoms with van der Waals surface area (Å²) < 4.78 is 91.3. The topological polar surface area (TPSA) is 37.3 Å².